The average molecular weight is 295 g/mol. The number of rotatable bonds is 2. The first-order chi connectivity index (χ1) is 7.59. The van der Waals surface area contributed by atoms with Crippen molar-refractivity contribution in [1.29, 1.82) is 0 Å². The van der Waals surface area contributed by atoms with Crippen LogP contribution >= 0.6 is 27.3 Å². The highest BCUT2D eigenvalue weighted by atomic mass is 79.9. The highest BCUT2D eigenvalue weighted by Crippen LogP contribution is 2.23. The monoisotopic (exact) mass is 294 g/mol. The second kappa shape index (κ2) is 4.52. The van der Waals surface area contributed by atoms with Crippen molar-refractivity contribution < 1.29 is 4.79 Å². The lowest BCUT2D eigenvalue weighted by Crippen LogP contribution is -2.02. The Balaban J connectivity index is 2.45. The van der Waals surface area contributed by atoms with Gasteiger partial charge in [-0.05, 0) is 31.5 Å². The third kappa shape index (κ3) is 2.11. The molecule has 0 fully saturated rings. The molecule has 1 aromatic heterocycles. The van der Waals surface area contributed by atoms with Crippen molar-refractivity contribution in [3.05, 3.63) is 55.7 Å². The maximum Gasteiger partial charge on any atom is 0.194 e. The lowest BCUT2D eigenvalue weighted by atomic mass is 10.0. The van der Waals surface area contributed by atoms with Gasteiger partial charge < -0.3 is 0 Å². The van der Waals surface area contributed by atoms with E-state index in [9.17, 15) is 4.79 Å². The van der Waals surface area contributed by atoms with Crippen LogP contribution in [0.15, 0.2) is 34.1 Å². The van der Waals surface area contributed by atoms with E-state index in [-0.39, 0.29) is 5.78 Å². The normalized spacial score (nSPS) is 10.4. The molecule has 0 aliphatic heterocycles. The molecule has 0 unspecified atom stereocenters. The van der Waals surface area contributed by atoms with Crippen LogP contribution in [-0.4, -0.2) is 5.78 Å². The zero-order chi connectivity index (χ0) is 11.7. The molecule has 2 aromatic rings. The number of thiophene rings is 1. The van der Waals surface area contributed by atoms with Crippen molar-refractivity contribution in [3.8, 4) is 0 Å². The summed E-state index contributed by atoms with van der Waals surface area (Å²) in [5.41, 5.74) is 2.55. The van der Waals surface area contributed by atoms with Gasteiger partial charge in [-0.3, -0.25) is 4.79 Å². The minimum atomic E-state index is 0.100. The molecule has 0 radical (unpaired) electrons. The Labute approximate surface area is 107 Å². The van der Waals surface area contributed by atoms with E-state index < -0.39 is 0 Å². The molecular formula is C13H11BrOS. The van der Waals surface area contributed by atoms with Gasteiger partial charge in [-0.15, -0.1) is 11.3 Å². The molecule has 16 heavy (non-hydrogen) atoms. The van der Waals surface area contributed by atoms with Crippen molar-refractivity contribution in [1.82, 2.24) is 0 Å². The zero-order valence-electron chi connectivity index (χ0n) is 9.08. The third-order valence-electron chi connectivity index (χ3n) is 2.51. The number of hydrogen-bond donors (Lipinski definition) is 0. The fourth-order valence-corrected chi connectivity index (χ4v) is 2.62. The van der Waals surface area contributed by atoms with Crippen LogP contribution in [-0.2, 0) is 0 Å². The summed E-state index contributed by atoms with van der Waals surface area (Å²) in [5.74, 6) is 0.100. The van der Waals surface area contributed by atoms with Gasteiger partial charge in [-0.1, -0.05) is 28.1 Å². The second-order valence-corrected chi connectivity index (χ2v) is 5.66. The van der Waals surface area contributed by atoms with Crippen LogP contribution < -0.4 is 0 Å². The summed E-state index contributed by atoms with van der Waals surface area (Å²) in [7, 11) is 0. The summed E-state index contributed by atoms with van der Waals surface area (Å²) >= 11 is 5.05. The highest BCUT2D eigenvalue weighted by Gasteiger charge is 2.13. The largest absolute Gasteiger partial charge is 0.289 e. The van der Waals surface area contributed by atoms with E-state index in [1.807, 2.05) is 43.5 Å². The SMILES string of the molecule is Cc1cc(C(=O)c2cccc(Br)c2C)cs1. The molecule has 3 heteroatoms. The van der Waals surface area contributed by atoms with Crippen LogP contribution in [0.3, 0.4) is 0 Å². The van der Waals surface area contributed by atoms with Gasteiger partial charge in [0.25, 0.3) is 0 Å². The van der Waals surface area contributed by atoms with Crippen molar-refractivity contribution in [3.63, 3.8) is 0 Å². The van der Waals surface area contributed by atoms with E-state index in [1.165, 1.54) is 0 Å². The van der Waals surface area contributed by atoms with Crippen molar-refractivity contribution >= 4 is 33.0 Å². The first-order valence-corrected chi connectivity index (χ1v) is 6.62. The summed E-state index contributed by atoms with van der Waals surface area (Å²) < 4.78 is 0.977. The molecular weight excluding hydrogens is 284 g/mol. The molecule has 0 saturated carbocycles. The van der Waals surface area contributed by atoms with Gasteiger partial charge in [0.2, 0.25) is 0 Å². The summed E-state index contributed by atoms with van der Waals surface area (Å²) in [6, 6.07) is 7.65. The Morgan fingerprint density at radius 2 is 2.06 bits per heavy atom. The Kier molecular flexibility index (Phi) is 3.26. The first-order valence-electron chi connectivity index (χ1n) is 4.94. The molecule has 1 nitrogen and oxygen atoms in total. The van der Waals surface area contributed by atoms with E-state index in [2.05, 4.69) is 15.9 Å². The first kappa shape index (κ1) is 11.6. The van der Waals surface area contributed by atoms with Crippen LogP contribution in [0.4, 0.5) is 0 Å². The molecule has 0 N–H and O–H groups in total. The van der Waals surface area contributed by atoms with Gasteiger partial charge in [0, 0.05) is 25.9 Å². The maximum atomic E-state index is 12.2. The number of aryl methyl sites for hydroxylation is 1. The Morgan fingerprint density at radius 3 is 2.69 bits per heavy atom. The molecule has 0 bridgehead atoms. The van der Waals surface area contributed by atoms with Gasteiger partial charge in [0.15, 0.2) is 5.78 Å². The smallest absolute Gasteiger partial charge is 0.194 e. The average Bonchev–Trinajstić information content (AvgIpc) is 2.68. The van der Waals surface area contributed by atoms with E-state index in [0.717, 1.165) is 26.0 Å². The number of halogens is 1. The topological polar surface area (TPSA) is 17.1 Å². The lowest BCUT2D eigenvalue weighted by molar-refractivity contribution is 0.103. The molecule has 0 aliphatic rings. The van der Waals surface area contributed by atoms with E-state index in [0.29, 0.717) is 0 Å². The van der Waals surface area contributed by atoms with E-state index in [4.69, 9.17) is 0 Å². The second-order valence-electron chi connectivity index (χ2n) is 3.69. The molecule has 1 aromatic carbocycles. The lowest BCUT2D eigenvalue weighted by Gasteiger charge is -2.05. The number of carbonyl (C=O) groups is 1. The van der Waals surface area contributed by atoms with Gasteiger partial charge in [-0.25, -0.2) is 0 Å². The summed E-state index contributed by atoms with van der Waals surface area (Å²) in [6.07, 6.45) is 0. The van der Waals surface area contributed by atoms with Gasteiger partial charge in [0.1, 0.15) is 0 Å². The predicted octanol–water partition coefficient (Wildman–Crippen LogP) is 4.36. The van der Waals surface area contributed by atoms with Crippen LogP contribution in [0.2, 0.25) is 0 Å². The van der Waals surface area contributed by atoms with Crippen molar-refractivity contribution in [2.75, 3.05) is 0 Å². The highest BCUT2D eigenvalue weighted by molar-refractivity contribution is 9.10. The van der Waals surface area contributed by atoms with Crippen LogP contribution in [0.1, 0.15) is 26.4 Å². The third-order valence-corrected chi connectivity index (χ3v) is 4.23. The van der Waals surface area contributed by atoms with Gasteiger partial charge >= 0.3 is 0 Å². The Hall–Kier alpha value is -0.930. The maximum absolute atomic E-state index is 12.2. The molecule has 0 amide bonds. The molecule has 1 heterocycles. The molecule has 0 spiro atoms. The quantitative estimate of drug-likeness (QED) is 0.752. The molecule has 0 atom stereocenters. The van der Waals surface area contributed by atoms with Crippen molar-refractivity contribution in [2.24, 2.45) is 0 Å². The zero-order valence-corrected chi connectivity index (χ0v) is 11.5. The van der Waals surface area contributed by atoms with Crippen LogP contribution in [0.5, 0.6) is 0 Å². The Bertz CT molecular complexity index is 543. The number of hydrogen-bond acceptors (Lipinski definition) is 2. The standard InChI is InChI=1S/C13H11BrOS/c1-8-6-10(7-16-8)13(15)11-4-3-5-12(14)9(11)2/h3-7H,1-2H3. The molecule has 0 saturated heterocycles. The molecule has 0 aliphatic carbocycles. The van der Waals surface area contributed by atoms with Gasteiger partial charge in [-0.2, -0.15) is 0 Å². The van der Waals surface area contributed by atoms with Crippen molar-refractivity contribution in [2.45, 2.75) is 13.8 Å². The number of benzene rings is 1. The Morgan fingerprint density at radius 1 is 1.31 bits per heavy atom. The summed E-state index contributed by atoms with van der Waals surface area (Å²) in [6.45, 7) is 3.96. The summed E-state index contributed by atoms with van der Waals surface area (Å²) in [5, 5.41) is 1.91. The van der Waals surface area contributed by atoms with E-state index in [1.54, 1.807) is 11.3 Å². The number of carbonyl (C=O) groups excluding carboxylic acids is 1. The van der Waals surface area contributed by atoms with Crippen LogP contribution in [0, 0.1) is 13.8 Å². The fourth-order valence-electron chi connectivity index (χ4n) is 1.57. The van der Waals surface area contributed by atoms with E-state index >= 15 is 0 Å². The minimum Gasteiger partial charge on any atom is -0.289 e. The molecule has 2 rings (SSSR count). The predicted molar refractivity (Wildman–Crippen MR) is 71.4 cm³/mol. The van der Waals surface area contributed by atoms with Gasteiger partial charge in [0.05, 0.1) is 0 Å². The van der Waals surface area contributed by atoms with Crippen LogP contribution in [0.25, 0.3) is 0 Å². The number of ketones is 1. The molecule has 82 valence electrons. The minimum absolute atomic E-state index is 0.100. The summed E-state index contributed by atoms with van der Waals surface area (Å²) in [4.78, 5) is 13.4. The fraction of sp³-hybridized carbons (Fsp3) is 0.154.